The second-order valence-electron chi connectivity index (χ2n) is 8.79. The predicted molar refractivity (Wildman–Crippen MR) is 137 cm³/mol. The van der Waals surface area contributed by atoms with Crippen LogP contribution in [0.3, 0.4) is 0 Å². The van der Waals surface area contributed by atoms with Crippen LogP contribution in [0.2, 0.25) is 5.02 Å². The molecular formula is C28H31ClO8. The maximum Gasteiger partial charge on any atom is 0.122 e. The van der Waals surface area contributed by atoms with Crippen LogP contribution in [0.1, 0.15) is 22.8 Å². The van der Waals surface area contributed by atoms with E-state index in [0.717, 1.165) is 22.6 Å². The Morgan fingerprint density at radius 3 is 1.97 bits per heavy atom. The summed E-state index contributed by atoms with van der Waals surface area (Å²) in [5.74, 6) is 2.22. The molecule has 0 spiro atoms. The normalized spacial score (nSPS) is 23.5. The van der Waals surface area contributed by atoms with Crippen LogP contribution in [0.25, 0.3) is 0 Å². The summed E-state index contributed by atoms with van der Waals surface area (Å²) in [5.41, 5.74) is 2.39. The quantitative estimate of drug-likeness (QED) is 0.296. The Kier molecular flexibility index (Phi) is 9.26. The predicted octanol–water partition coefficient (Wildman–Crippen LogP) is 2.91. The molecule has 1 saturated heterocycles. The van der Waals surface area contributed by atoms with Crippen molar-refractivity contribution < 1.29 is 39.4 Å². The van der Waals surface area contributed by atoms with Crippen molar-refractivity contribution in [2.24, 2.45) is 0 Å². The molecule has 3 aromatic rings. The lowest BCUT2D eigenvalue weighted by atomic mass is 9.90. The van der Waals surface area contributed by atoms with Gasteiger partial charge in [-0.25, -0.2) is 0 Å². The first kappa shape index (κ1) is 27.2. The molecule has 0 saturated carbocycles. The molecule has 0 aromatic heterocycles. The summed E-state index contributed by atoms with van der Waals surface area (Å²) in [6.07, 6.45) is -5.57. The minimum Gasteiger partial charge on any atom is -0.497 e. The van der Waals surface area contributed by atoms with Crippen molar-refractivity contribution in [2.75, 3.05) is 26.9 Å². The van der Waals surface area contributed by atoms with E-state index in [2.05, 4.69) is 0 Å². The van der Waals surface area contributed by atoms with Gasteiger partial charge in [-0.3, -0.25) is 0 Å². The largest absolute Gasteiger partial charge is 0.497 e. The maximum absolute atomic E-state index is 10.5. The van der Waals surface area contributed by atoms with E-state index in [-0.39, 0.29) is 0 Å². The Bertz CT molecular complexity index is 1140. The van der Waals surface area contributed by atoms with Gasteiger partial charge in [0.2, 0.25) is 0 Å². The van der Waals surface area contributed by atoms with Crippen LogP contribution in [0.4, 0.5) is 0 Å². The summed E-state index contributed by atoms with van der Waals surface area (Å²) in [5, 5.41) is 40.6. The Labute approximate surface area is 220 Å². The van der Waals surface area contributed by atoms with Gasteiger partial charge in [0.1, 0.15) is 61.0 Å². The second-order valence-corrected chi connectivity index (χ2v) is 9.20. The molecule has 0 aliphatic carbocycles. The molecule has 4 rings (SSSR count). The van der Waals surface area contributed by atoms with Crippen molar-refractivity contribution in [2.45, 2.75) is 36.9 Å². The SMILES string of the molecule is COc1ccc(OCCOc2ccc(Cc3cc([C@@H]4O[C@H](CO)[C@@H](O)[C@H](O)[C@H]4O)ccc3Cl)cc2)cc1. The maximum atomic E-state index is 10.5. The number of rotatable bonds is 10. The lowest BCUT2D eigenvalue weighted by Gasteiger charge is -2.40. The van der Waals surface area contributed by atoms with Gasteiger partial charge >= 0.3 is 0 Å². The molecular weight excluding hydrogens is 500 g/mol. The van der Waals surface area contributed by atoms with E-state index in [0.29, 0.717) is 36.0 Å². The average molecular weight is 531 g/mol. The number of aliphatic hydroxyl groups excluding tert-OH is 4. The van der Waals surface area contributed by atoms with Gasteiger partial charge in [0.15, 0.2) is 0 Å². The number of aliphatic hydroxyl groups is 4. The van der Waals surface area contributed by atoms with Crippen LogP contribution in [-0.2, 0) is 11.2 Å². The zero-order chi connectivity index (χ0) is 26.4. The molecule has 1 fully saturated rings. The molecule has 8 nitrogen and oxygen atoms in total. The molecule has 1 aliphatic rings. The van der Waals surface area contributed by atoms with E-state index in [1.54, 1.807) is 25.3 Å². The minimum atomic E-state index is -1.44. The fourth-order valence-electron chi connectivity index (χ4n) is 4.20. The molecule has 0 unspecified atom stereocenters. The monoisotopic (exact) mass is 530 g/mol. The van der Waals surface area contributed by atoms with Crippen LogP contribution < -0.4 is 14.2 Å². The summed E-state index contributed by atoms with van der Waals surface area (Å²) in [6.45, 7) is 0.302. The minimum absolute atomic E-state index is 0.387. The van der Waals surface area contributed by atoms with Gasteiger partial charge in [-0.15, -0.1) is 0 Å². The molecule has 198 valence electrons. The highest BCUT2D eigenvalue weighted by Crippen LogP contribution is 2.34. The average Bonchev–Trinajstić information content (AvgIpc) is 2.92. The zero-order valence-electron chi connectivity index (χ0n) is 20.4. The number of hydrogen-bond acceptors (Lipinski definition) is 8. The van der Waals surface area contributed by atoms with Gasteiger partial charge < -0.3 is 39.4 Å². The molecule has 4 N–H and O–H groups in total. The number of methoxy groups -OCH3 is 1. The van der Waals surface area contributed by atoms with Crippen LogP contribution in [0.15, 0.2) is 66.7 Å². The highest BCUT2D eigenvalue weighted by Gasteiger charge is 2.44. The molecule has 9 heteroatoms. The first-order valence-corrected chi connectivity index (χ1v) is 12.3. The standard InChI is InChI=1S/C28H31ClO8/c1-34-20-7-9-22(10-8-20)36-13-12-35-21-5-2-17(3-6-21)14-19-15-18(4-11-23(19)29)28-27(33)26(32)25(31)24(16-30)37-28/h2-11,15,24-28,30-33H,12-14,16H2,1H3/t24-,25-,26+,27-,28+/m1/s1. The second kappa shape index (κ2) is 12.6. The Balaban J connectivity index is 1.34. The van der Waals surface area contributed by atoms with Crippen molar-refractivity contribution in [1.29, 1.82) is 0 Å². The number of benzene rings is 3. The van der Waals surface area contributed by atoms with Gasteiger partial charge in [-0.2, -0.15) is 0 Å². The first-order valence-electron chi connectivity index (χ1n) is 12.0. The Morgan fingerprint density at radius 1 is 0.784 bits per heavy atom. The van der Waals surface area contributed by atoms with E-state index >= 15 is 0 Å². The zero-order valence-corrected chi connectivity index (χ0v) is 21.1. The summed E-state index contributed by atoms with van der Waals surface area (Å²) < 4.78 is 22.2. The first-order chi connectivity index (χ1) is 17.9. The van der Waals surface area contributed by atoms with Crippen LogP contribution in [-0.4, -0.2) is 71.8 Å². The third kappa shape index (κ3) is 6.73. The van der Waals surface area contributed by atoms with Crippen molar-refractivity contribution in [3.05, 3.63) is 88.4 Å². The van der Waals surface area contributed by atoms with Crippen LogP contribution in [0.5, 0.6) is 17.2 Å². The van der Waals surface area contributed by atoms with Crippen molar-refractivity contribution in [3.63, 3.8) is 0 Å². The molecule has 37 heavy (non-hydrogen) atoms. The van der Waals surface area contributed by atoms with E-state index in [1.165, 1.54) is 0 Å². The van der Waals surface area contributed by atoms with Gasteiger partial charge in [-0.05, 0) is 65.6 Å². The van der Waals surface area contributed by atoms with Gasteiger partial charge in [-0.1, -0.05) is 35.9 Å². The van der Waals surface area contributed by atoms with Crippen molar-refractivity contribution >= 4 is 11.6 Å². The highest BCUT2D eigenvalue weighted by molar-refractivity contribution is 6.31. The van der Waals surface area contributed by atoms with E-state index in [4.69, 9.17) is 30.5 Å². The molecule has 1 heterocycles. The fraction of sp³-hybridized carbons (Fsp3) is 0.357. The van der Waals surface area contributed by atoms with Crippen molar-refractivity contribution in [3.8, 4) is 17.2 Å². The van der Waals surface area contributed by atoms with Gasteiger partial charge in [0.25, 0.3) is 0 Å². The Hall–Kier alpha value is -2.85. The highest BCUT2D eigenvalue weighted by atomic mass is 35.5. The third-order valence-corrected chi connectivity index (χ3v) is 6.66. The van der Waals surface area contributed by atoms with E-state index in [1.807, 2.05) is 48.5 Å². The number of ether oxygens (including phenoxy) is 4. The third-order valence-electron chi connectivity index (χ3n) is 6.29. The smallest absolute Gasteiger partial charge is 0.122 e. The summed E-state index contributed by atoms with van der Waals surface area (Å²) in [7, 11) is 1.62. The van der Waals surface area contributed by atoms with Gasteiger partial charge in [0, 0.05) is 5.02 Å². The molecule has 0 bridgehead atoms. The lowest BCUT2D eigenvalue weighted by Crippen LogP contribution is -2.55. The molecule has 0 radical (unpaired) electrons. The fourth-order valence-corrected chi connectivity index (χ4v) is 4.38. The Morgan fingerprint density at radius 2 is 1.38 bits per heavy atom. The van der Waals surface area contributed by atoms with Crippen LogP contribution >= 0.6 is 11.6 Å². The molecule has 3 aromatic carbocycles. The number of halogens is 1. The van der Waals surface area contributed by atoms with E-state index < -0.39 is 37.1 Å². The van der Waals surface area contributed by atoms with Crippen molar-refractivity contribution in [1.82, 2.24) is 0 Å². The number of hydrogen-bond donors (Lipinski definition) is 4. The van der Waals surface area contributed by atoms with Gasteiger partial charge in [0.05, 0.1) is 13.7 Å². The summed E-state index contributed by atoms with van der Waals surface area (Å²) in [6, 6.07) is 20.2. The summed E-state index contributed by atoms with van der Waals surface area (Å²) in [4.78, 5) is 0. The topological polar surface area (TPSA) is 118 Å². The lowest BCUT2D eigenvalue weighted by molar-refractivity contribution is -0.231. The summed E-state index contributed by atoms with van der Waals surface area (Å²) >= 11 is 6.43. The molecule has 1 aliphatic heterocycles. The molecule has 5 atom stereocenters. The van der Waals surface area contributed by atoms with E-state index in [9.17, 15) is 20.4 Å². The molecule has 0 amide bonds. The van der Waals surface area contributed by atoms with Crippen LogP contribution in [0, 0.1) is 0 Å².